The molecule has 1 aromatic rings. The lowest BCUT2D eigenvalue weighted by Crippen LogP contribution is -2.06. The van der Waals surface area contributed by atoms with E-state index in [0.717, 1.165) is 31.5 Å². The summed E-state index contributed by atoms with van der Waals surface area (Å²) in [4.78, 5) is 0.389. The minimum atomic E-state index is -3.12. The normalized spacial score (nSPS) is 11.5. The van der Waals surface area contributed by atoms with Crippen molar-refractivity contribution in [2.24, 2.45) is 0 Å². The summed E-state index contributed by atoms with van der Waals surface area (Å²) in [5, 5.41) is 11.9. The molecular formula is C14H23NO3S. The van der Waals surface area contributed by atoms with Crippen LogP contribution in [0, 0.1) is 0 Å². The molecule has 0 aromatic heterocycles. The summed E-state index contributed by atoms with van der Waals surface area (Å²) in [6.45, 7) is 2.94. The standard InChI is InChI=1S/C14H23NO3S/c1-2-12-19(17,18)14-8-6-13(7-9-14)15-10-4-3-5-11-16/h6-9,15-16H,2-5,10-12H2,1H3. The Labute approximate surface area is 115 Å². The summed E-state index contributed by atoms with van der Waals surface area (Å²) in [6.07, 6.45) is 3.45. The zero-order valence-corrected chi connectivity index (χ0v) is 12.2. The van der Waals surface area contributed by atoms with Crippen LogP contribution >= 0.6 is 0 Å². The van der Waals surface area contributed by atoms with Crippen molar-refractivity contribution in [2.75, 3.05) is 24.2 Å². The van der Waals surface area contributed by atoms with Gasteiger partial charge in [0.15, 0.2) is 9.84 Å². The number of anilines is 1. The van der Waals surface area contributed by atoms with E-state index in [1.165, 1.54) is 0 Å². The maximum Gasteiger partial charge on any atom is 0.178 e. The molecule has 0 fully saturated rings. The van der Waals surface area contributed by atoms with Gasteiger partial charge in [-0.3, -0.25) is 0 Å². The number of sulfone groups is 1. The van der Waals surface area contributed by atoms with Crippen molar-refractivity contribution in [1.29, 1.82) is 0 Å². The smallest absolute Gasteiger partial charge is 0.178 e. The molecule has 0 saturated carbocycles. The van der Waals surface area contributed by atoms with Crippen molar-refractivity contribution in [3.63, 3.8) is 0 Å². The van der Waals surface area contributed by atoms with Gasteiger partial charge in [0.2, 0.25) is 0 Å². The lowest BCUT2D eigenvalue weighted by atomic mass is 10.2. The predicted octanol–water partition coefficient (Wildman–Crippen LogP) is 2.44. The van der Waals surface area contributed by atoms with Crippen LogP contribution in [-0.2, 0) is 9.84 Å². The molecule has 5 heteroatoms. The van der Waals surface area contributed by atoms with Gasteiger partial charge in [0, 0.05) is 18.8 Å². The zero-order valence-electron chi connectivity index (χ0n) is 11.4. The molecule has 4 nitrogen and oxygen atoms in total. The van der Waals surface area contributed by atoms with Gasteiger partial charge in [-0.05, 0) is 49.9 Å². The van der Waals surface area contributed by atoms with Crippen LogP contribution in [0.25, 0.3) is 0 Å². The molecule has 0 heterocycles. The molecule has 1 aromatic carbocycles. The van der Waals surface area contributed by atoms with Gasteiger partial charge in [-0.1, -0.05) is 6.92 Å². The van der Waals surface area contributed by atoms with Crippen LogP contribution in [0.15, 0.2) is 29.2 Å². The van der Waals surface area contributed by atoms with Gasteiger partial charge in [-0.2, -0.15) is 0 Å². The number of aliphatic hydroxyl groups is 1. The first-order valence-electron chi connectivity index (χ1n) is 6.77. The number of hydrogen-bond acceptors (Lipinski definition) is 4. The van der Waals surface area contributed by atoms with Gasteiger partial charge in [-0.15, -0.1) is 0 Å². The first-order valence-corrected chi connectivity index (χ1v) is 8.43. The highest BCUT2D eigenvalue weighted by Gasteiger charge is 2.12. The van der Waals surface area contributed by atoms with Gasteiger partial charge in [0.1, 0.15) is 0 Å². The molecule has 0 bridgehead atoms. The first-order chi connectivity index (χ1) is 9.10. The van der Waals surface area contributed by atoms with Crippen molar-refractivity contribution in [3.8, 4) is 0 Å². The van der Waals surface area contributed by atoms with Crippen molar-refractivity contribution in [2.45, 2.75) is 37.5 Å². The second-order valence-electron chi connectivity index (χ2n) is 4.55. The highest BCUT2D eigenvalue weighted by molar-refractivity contribution is 7.91. The summed E-state index contributed by atoms with van der Waals surface area (Å²) in [5.74, 6) is 0.195. The van der Waals surface area contributed by atoms with Crippen LogP contribution in [0.3, 0.4) is 0 Å². The van der Waals surface area contributed by atoms with E-state index >= 15 is 0 Å². The Hall–Kier alpha value is -1.07. The molecule has 19 heavy (non-hydrogen) atoms. The average Bonchev–Trinajstić information content (AvgIpc) is 2.39. The van der Waals surface area contributed by atoms with Crippen LogP contribution in [0.5, 0.6) is 0 Å². The second-order valence-corrected chi connectivity index (χ2v) is 6.66. The quantitative estimate of drug-likeness (QED) is 0.684. The molecule has 0 amide bonds. The lowest BCUT2D eigenvalue weighted by Gasteiger charge is -2.07. The molecule has 0 atom stereocenters. The molecule has 108 valence electrons. The van der Waals surface area contributed by atoms with Gasteiger partial charge in [0.25, 0.3) is 0 Å². The molecule has 0 saturated heterocycles. The third-order valence-corrected chi connectivity index (χ3v) is 4.79. The Bertz CT molecular complexity index is 454. The van der Waals surface area contributed by atoms with E-state index in [2.05, 4.69) is 5.32 Å². The number of hydrogen-bond donors (Lipinski definition) is 2. The maximum absolute atomic E-state index is 11.8. The largest absolute Gasteiger partial charge is 0.396 e. The van der Waals surface area contributed by atoms with E-state index in [4.69, 9.17) is 5.11 Å². The first kappa shape index (κ1) is 16.0. The molecule has 0 radical (unpaired) electrons. The van der Waals surface area contributed by atoms with E-state index in [0.29, 0.717) is 11.3 Å². The van der Waals surface area contributed by atoms with Crippen molar-refractivity contribution in [1.82, 2.24) is 0 Å². The highest BCUT2D eigenvalue weighted by Crippen LogP contribution is 2.16. The monoisotopic (exact) mass is 285 g/mol. The molecule has 0 aliphatic heterocycles. The number of rotatable bonds is 9. The fourth-order valence-corrected chi connectivity index (χ4v) is 3.14. The van der Waals surface area contributed by atoms with E-state index in [1.807, 2.05) is 6.92 Å². The minimum absolute atomic E-state index is 0.195. The zero-order chi connectivity index (χ0) is 14.1. The number of unbranched alkanes of at least 4 members (excludes halogenated alkanes) is 2. The summed E-state index contributed by atoms with van der Waals surface area (Å²) < 4.78 is 23.7. The Kier molecular flexibility index (Phi) is 6.87. The van der Waals surface area contributed by atoms with Crippen LogP contribution in [0.1, 0.15) is 32.6 Å². The average molecular weight is 285 g/mol. The lowest BCUT2D eigenvalue weighted by molar-refractivity contribution is 0.283. The van der Waals surface area contributed by atoms with E-state index in [-0.39, 0.29) is 12.4 Å². The predicted molar refractivity (Wildman–Crippen MR) is 78.2 cm³/mol. The number of nitrogens with one attached hydrogen (secondary N) is 1. The highest BCUT2D eigenvalue weighted by atomic mass is 32.2. The SMILES string of the molecule is CCCS(=O)(=O)c1ccc(NCCCCCO)cc1. The van der Waals surface area contributed by atoms with Gasteiger partial charge >= 0.3 is 0 Å². The third-order valence-electron chi connectivity index (χ3n) is 2.85. The number of benzene rings is 1. The molecule has 0 unspecified atom stereocenters. The molecular weight excluding hydrogens is 262 g/mol. The van der Waals surface area contributed by atoms with Crippen molar-refractivity contribution >= 4 is 15.5 Å². The Morgan fingerprint density at radius 3 is 2.37 bits per heavy atom. The van der Waals surface area contributed by atoms with E-state index in [1.54, 1.807) is 24.3 Å². The van der Waals surface area contributed by atoms with Crippen LogP contribution < -0.4 is 5.32 Å². The Balaban J connectivity index is 2.48. The topological polar surface area (TPSA) is 66.4 Å². The maximum atomic E-state index is 11.8. The third kappa shape index (κ3) is 5.61. The Morgan fingerprint density at radius 2 is 1.79 bits per heavy atom. The fraction of sp³-hybridized carbons (Fsp3) is 0.571. The van der Waals surface area contributed by atoms with Crippen molar-refractivity contribution in [3.05, 3.63) is 24.3 Å². The minimum Gasteiger partial charge on any atom is -0.396 e. The fourth-order valence-electron chi connectivity index (χ4n) is 1.81. The summed E-state index contributed by atoms with van der Waals surface area (Å²) in [5.41, 5.74) is 0.930. The van der Waals surface area contributed by atoms with Crippen LogP contribution in [0.4, 0.5) is 5.69 Å². The summed E-state index contributed by atoms with van der Waals surface area (Å²) in [6, 6.07) is 6.91. The second kappa shape index (κ2) is 8.17. The Morgan fingerprint density at radius 1 is 1.11 bits per heavy atom. The molecule has 0 aliphatic carbocycles. The summed E-state index contributed by atoms with van der Waals surface area (Å²) in [7, 11) is -3.12. The summed E-state index contributed by atoms with van der Waals surface area (Å²) >= 11 is 0. The van der Waals surface area contributed by atoms with Crippen LogP contribution in [0.2, 0.25) is 0 Å². The molecule has 0 spiro atoms. The van der Waals surface area contributed by atoms with E-state index < -0.39 is 9.84 Å². The van der Waals surface area contributed by atoms with Crippen LogP contribution in [-0.4, -0.2) is 32.4 Å². The van der Waals surface area contributed by atoms with Gasteiger partial charge in [-0.25, -0.2) is 8.42 Å². The molecule has 0 aliphatic rings. The molecule has 2 N–H and O–H groups in total. The van der Waals surface area contributed by atoms with Gasteiger partial charge in [0.05, 0.1) is 10.6 Å². The number of aliphatic hydroxyl groups excluding tert-OH is 1. The molecule has 1 rings (SSSR count). The van der Waals surface area contributed by atoms with Crippen molar-refractivity contribution < 1.29 is 13.5 Å². The van der Waals surface area contributed by atoms with Gasteiger partial charge < -0.3 is 10.4 Å². The van der Waals surface area contributed by atoms with E-state index in [9.17, 15) is 8.42 Å².